The van der Waals surface area contributed by atoms with Crippen LogP contribution in [0, 0.1) is 5.92 Å². The Kier molecular flexibility index (Phi) is 8.68. The Morgan fingerprint density at radius 1 is 0.379 bits per heavy atom. The number of methoxy groups -OCH3 is 1. The fourth-order valence-corrected chi connectivity index (χ4v) is 8.85. The molecule has 0 saturated heterocycles. The maximum Gasteiger partial charge on any atom is 0.535 e. The molecule has 7 aromatic carbocycles. The van der Waals surface area contributed by atoms with E-state index < -0.39 is 6.97 Å². The molecular formula is C52H37BF2N2O. The van der Waals surface area contributed by atoms with Crippen LogP contribution in [0.15, 0.2) is 206 Å². The number of hydrogen-bond acceptors (Lipinski definition) is 1. The van der Waals surface area contributed by atoms with Crippen LogP contribution >= 0.6 is 0 Å². The van der Waals surface area contributed by atoms with Crippen LogP contribution in [0.5, 0.6) is 5.75 Å². The summed E-state index contributed by atoms with van der Waals surface area (Å²) in [7, 11) is 1.64. The summed E-state index contributed by atoms with van der Waals surface area (Å²) in [5.74, 6) is 1.38. The van der Waals surface area contributed by atoms with Crippen LogP contribution in [0.4, 0.5) is 8.63 Å². The van der Waals surface area contributed by atoms with Gasteiger partial charge < -0.3 is 22.3 Å². The van der Waals surface area contributed by atoms with E-state index >= 15 is 8.63 Å². The van der Waals surface area contributed by atoms with Crippen LogP contribution in [-0.4, -0.2) is 23.0 Å². The van der Waals surface area contributed by atoms with Gasteiger partial charge in [0.15, 0.2) is 0 Å². The fourth-order valence-electron chi connectivity index (χ4n) is 8.85. The first-order valence-corrected chi connectivity index (χ1v) is 19.5. The van der Waals surface area contributed by atoms with Crippen LogP contribution in [0.25, 0.3) is 67.0 Å². The van der Waals surface area contributed by atoms with Crippen molar-refractivity contribution in [1.29, 1.82) is 0 Å². The standard InChI is InChI=1S/C52H37BF2N2O/c1-58-43-34-32-40(33-35-43)48-51-46(38-24-12-4-13-25-38)44(36-20-8-2-9-21-36)49(41-28-16-6-17-29-41)56(51)53(54,55)57-50(42-30-18-7-19-31-42)45(37-22-10-3-11-23-37)47(52(48)57)39-26-14-5-15-27-39/h2-35H,1H3. The van der Waals surface area contributed by atoms with Crippen LogP contribution in [0.2, 0.25) is 0 Å². The van der Waals surface area contributed by atoms with Gasteiger partial charge >= 0.3 is 6.97 Å². The molecule has 1 aliphatic heterocycles. The van der Waals surface area contributed by atoms with Gasteiger partial charge in [0, 0.05) is 57.9 Å². The number of nitrogens with zero attached hydrogens (tertiary/aromatic N) is 2. The molecule has 278 valence electrons. The van der Waals surface area contributed by atoms with Gasteiger partial charge in [-0.15, -0.1) is 0 Å². The molecule has 2 aromatic heterocycles. The number of hydrogen-bond donors (Lipinski definition) is 0. The predicted octanol–water partition coefficient (Wildman–Crippen LogP) is 13.4. The molecule has 1 aliphatic rings. The first-order valence-electron chi connectivity index (χ1n) is 19.5. The summed E-state index contributed by atoms with van der Waals surface area (Å²) in [4.78, 5) is 0. The number of rotatable bonds is 8. The highest BCUT2D eigenvalue weighted by atomic mass is 19.2. The number of ether oxygens (including phenoxy) is 1. The lowest BCUT2D eigenvalue weighted by atomic mass is 9.78. The molecule has 0 radical (unpaired) electrons. The van der Waals surface area contributed by atoms with E-state index in [4.69, 9.17) is 4.74 Å². The molecule has 3 heterocycles. The van der Waals surface area contributed by atoms with Gasteiger partial charge in [-0.05, 0) is 46.5 Å². The average molecular weight is 755 g/mol. The van der Waals surface area contributed by atoms with Crippen molar-refractivity contribution in [3.05, 3.63) is 229 Å². The molecule has 0 aliphatic carbocycles. The highest BCUT2D eigenvalue weighted by Crippen LogP contribution is 2.58. The predicted molar refractivity (Wildman–Crippen MR) is 234 cm³/mol. The van der Waals surface area contributed by atoms with E-state index in [-0.39, 0.29) is 0 Å². The van der Waals surface area contributed by atoms with Gasteiger partial charge in [0.25, 0.3) is 0 Å². The average Bonchev–Trinajstić information content (AvgIpc) is 3.85. The Bertz CT molecular complexity index is 2680. The second-order valence-electron chi connectivity index (χ2n) is 14.5. The van der Waals surface area contributed by atoms with E-state index in [0.29, 0.717) is 45.6 Å². The Hall–Kier alpha value is -7.31. The minimum Gasteiger partial charge on any atom is -0.495 e. The van der Waals surface area contributed by atoms with Gasteiger partial charge in [-0.2, -0.15) is 0 Å². The fraction of sp³-hybridized carbons (Fsp3) is 0.0192. The van der Waals surface area contributed by atoms with Crippen LogP contribution in [0.1, 0.15) is 17.0 Å². The Morgan fingerprint density at radius 3 is 0.983 bits per heavy atom. The summed E-state index contributed by atoms with van der Waals surface area (Å²) in [6.45, 7) is -4.63. The van der Waals surface area contributed by atoms with Crippen LogP contribution < -0.4 is 4.74 Å². The molecule has 3 nitrogen and oxygen atoms in total. The summed E-state index contributed by atoms with van der Waals surface area (Å²) in [5, 5.41) is 0. The van der Waals surface area contributed by atoms with Crippen molar-refractivity contribution in [2.45, 2.75) is 0 Å². The van der Waals surface area contributed by atoms with Crippen LogP contribution in [-0.2, 0) is 0 Å². The topological polar surface area (TPSA) is 19.1 Å². The highest BCUT2D eigenvalue weighted by Gasteiger charge is 2.53. The monoisotopic (exact) mass is 754 g/mol. The lowest BCUT2D eigenvalue weighted by Crippen LogP contribution is -2.50. The van der Waals surface area contributed by atoms with E-state index in [9.17, 15) is 0 Å². The molecular weight excluding hydrogens is 717 g/mol. The normalized spacial score (nSPS) is 12.8. The number of benzene rings is 7. The van der Waals surface area contributed by atoms with E-state index in [2.05, 4.69) is 0 Å². The number of fused-ring (bicyclic) bond motifs is 2. The number of aromatic nitrogens is 2. The zero-order valence-electron chi connectivity index (χ0n) is 31.8. The van der Waals surface area contributed by atoms with Gasteiger partial charge in [0.1, 0.15) is 11.7 Å². The lowest BCUT2D eigenvalue weighted by molar-refractivity contribution is 0.414. The van der Waals surface area contributed by atoms with Crippen molar-refractivity contribution in [3.63, 3.8) is 0 Å². The summed E-state index contributed by atoms with van der Waals surface area (Å²) in [5.41, 5.74) is 10.4. The summed E-state index contributed by atoms with van der Waals surface area (Å²) >= 11 is 0. The Labute approximate surface area is 337 Å². The second-order valence-corrected chi connectivity index (χ2v) is 14.5. The quantitative estimate of drug-likeness (QED) is 0.112. The third kappa shape index (κ3) is 5.60. The molecule has 0 N–H and O–H groups in total. The molecule has 10 rings (SSSR count). The minimum absolute atomic E-state index is 0.456. The van der Waals surface area contributed by atoms with Gasteiger partial charge in [-0.1, -0.05) is 158 Å². The molecule has 0 fully saturated rings. The molecule has 0 saturated carbocycles. The molecule has 0 bridgehead atoms. The van der Waals surface area contributed by atoms with Crippen LogP contribution in [0.3, 0.4) is 0 Å². The maximum atomic E-state index is 19.3. The molecule has 0 unspecified atom stereocenters. The molecule has 0 atom stereocenters. The van der Waals surface area contributed by atoms with Crippen molar-refractivity contribution >= 4 is 6.97 Å². The molecule has 58 heavy (non-hydrogen) atoms. The smallest absolute Gasteiger partial charge is 0.495 e. The third-order valence-electron chi connectivity index (χ3n) is 11.2. The van der Waals surface area contributed by atoms with Crippen molar-refractivity contribution in [3.8, 4) is 72.8 Å². The molecule has 0 spiro atoms. The second kappa shape index (κ2) is 14.3. The largest absolute Gasteiger partial charge is 0.535 e. The molecule has 0 amide bonds. The van der Waals surface area contributed by atoms with Crippen molar-refractivity contribution in [2.75, 3.05) is 7.11 Å². The van der Waals surface area contributed by atoms with Crippen molar-refractivity contribution < 1.29 is 13.4 Å². The number of halogens is 2. The van der Waals surface area contributed by atoms with E-state index in [1.807, 2.05) is 206 Å². The maximum absolute atomic E-state index is 19.3. The summed E-state index contributed by atoms with van der Waals surface area (Å²) < 4.78 is 47.0. The Morgan fingerprint density at radius 2 is 0.672 bits per heavy atom. The van der Waals surface area contributed by atoms with E-state index in [0.717, 1.165) is 50.1 Å². The Balaban J connectivity index is 1.48. The zero-order chi connectivity index (χ0) is 39.2. The summed E-state index contributed by atoms with van der Waals surface area (Å²) in [6, 6.07) is 67.1. The van der Waals surface area contributed by atoms with Gasteiger partial charge in [0.05, 0.1) is 35.2 Å². The third-order valence-corrected chi connectivity index (χ3v) is 11.2. The van der Waals surface area contributed by atoms with Crippen molar-refractivity contribution in [1.82, 2.24) is 8.96 Å². The first-order chi connectivity index (χ1) is 28.6. The molecule has 9 aromatic rings. The molecule has 6 heteroatoms. The van der Waals surface area contributed by atoms with Gasteiger partial charge in [-0.3, -0.25) is 0 Å². The van der Waals surface area contributed by atoms with Gasteiger partial charge in [0.2, 0.25) is 0 Å². The van der Waals surface area contributed by atoms with Gasteiger partial charge in [-0.25, -0.2) is 0 Å². The zero-order valence-corrected chi connectivity index (χ0v) is 31.8. The lowest BCUT2D eigenvalue weighted by Gasteiger charge is -2.41. The van der Waals surface area contributed by atoms with E-state index in [1.165, 1.54) is 8.96 Å². The highest BCUT2D eigenvalue weighted by molar-refractivity contribution is 6.65. The SMILES string of the molecule is COc1ccc([C+]2c3c(-c4ccccc4)c(-c4ccccc4)c(-c4ccccc4)n3[B-](F)(F)n3c(-c4ccccc4)c(-c4ccccc4)c(-c4ccccc4)c32)cc1. The van der Waals surface area contributed by atoms with E-state index in [1.54, 1.807) is 7.11 Å². The summed E-state index contributed by atoms with van der Waals surface area (Å²) in [6.07, 6.45) is 0. The minimum atomic E-state index is -4.63. The van der Waals surface area contributed by atoms with Crippen molar-refractivity contribution in [2.24, 2.45) is 0 Å². The first kappa shape index (κ1) is 35.1.